The fraction of sp³-hybridized carbons (Fsp3) is 0.273. The third-order valence-corrected chi connectivity index (χ3v) is 5.19. The van der Waals surface area contributed by atoms with Crippen molar-refractivity contribution in [1.82, 2.24) is 9.55 Å². The Morgan fingerprint density at radius 3 is 2.46 bits per heavy atom. The molecule has 0 aliphatic carbocycles. The first-order valence-corrected chi connectivity index (χ1v) is 10.1. The van der Waals surface area contributed by atoms with Gasteiger partial charge in [-0.1, -0.05) is 0 Å². The minimum Gasteiger partial charge on any atom is -0.618 e. The maximum atomic E-state index is 14.3. The molecule has 2 heterocycles. The van der Waals surface area contributed by atoms with Crippen LogP contribution in [-0.2, 0) is 19.1 Å². The van der Waals surface area contributed by atoms with Gasteiger partial charge in [0.25, 0.3) is 12.0 Å². The fourth-order valence-electron chi connectivity index (χ4n) is 3.14. The van der Waals surface area contributed by atoms with Crippen LogP contribution in [-0.4, -0.2) is 20.8 Å². The number of aromatic nitrogens is 3. The van der Waals surface area contributed by atoms with Crippen LogP contribution in [0.15, 0.2) is 41.6 Å². The second kappa shape index (κ2) is 10.1. The van der Waals surface area contributed by atoms with Gasteiger partial charge in [-0.3, -0.25) is 9.36 Å². The minimum atomic E-state index is -6.22. The molecule has 0 aliphatic heterocycles. The number of alkyl halides is 7. The van der Waals surface area contributed by atoms with E-state index < -0.39 is 65.6 Å². The number of benzene rings is 1. The van der Waals surface area contributed by atoms with Crippen LogP contribution in [0.5, 0.6) is 11.5 Å². The molecule has 0 spiro atoms. The second-order valence-corrected chi connectivity index (χ2v) is 7.65. The molecule has 1 aromatic carbocycles. The molecule has 0 radical (unpaired) electrons. The molecular weight excluding hydrogens is 517 g/mol. The zero-order valence-corrected chi connectivity index (χ0v) is 18.6. The van der Waals surface area contributed by atoms with Crippen LogP contribution in [0.4, 0.5) is 30.7 Å². The molecule has 3 aromatic rings. The predicted molar refractivity (Wildman–Crippen MR) is 110 cm³/mol. The van der Waals surface area contributed by atoms with E-state index in [9.17, 15) is 46.0 Å². The Bertz CT molecular complexity index is 1430. The molecule has 0 atom stereocenters. The number of hydrogen-bond donors (Lipinski definition) is 1. The van der Waals surface area contributed by atoms with Crippen molar-refractivity contribution in [3.8, 4) is 17.6 Å². The van der Waals surface area contributed by atoms with Crippen molar-refractivity contribution < 1.29 is 45.3 Å². The predicted octanol–water partition coefficient (Wildman–Crippen LogP) is 3.98. The van der Waals surface area contributed by atoms with E-state index in [2.05, 4.69) is 4.98 Å². The van der Waals surface area contributed by atoms with Gasteiger partial charge in [0.1, 0.15) is 12.3 Å². The minimum absolute atomic E-state index is 0.190. The summed E-state index contributed by atoms with van der Waals surface area (Å²) in [6, 6.07) is 5.39. The zero-order valence-electron chi connectivity index (χ0n) is 18.6. The molecule has 8 nitrogen and oxygen atoms in total. The lowest BCUT2D eigenvalue weighted by molar-refractivity contribution is -0.614. The van der Waals surface area contributed by atoms with Crippen LogP contribution in [0.1, 0.15) is 40.1 Å². The highest BCUT2D eigenvalue weighted by atomic mass is 19.4. The number of aliphatic hydroxyl groups excluding tert-OH is 1. The van der Waals surface area contributed by atoms with E-state index in [1.165, 1.54) is 12.1 Å². The van der Waals surface area contributed by atoms with Gasteiger partial charge in [-0.25, -0.2) is 13.8 Å². The molecule has 3 rings (SSSR count). The average Bonchev–Trinajstić information content (AvgIpc) is 2.82. The second-order valence-electron chi connectivity index (χ2n) is 7.65. The third-order valence-electron chi connectivity index (χ3n) is 5.19. The summed E-state index contributed by atoms with van der Waals surface area (Å²) in [5.41, 5.74) is -5.19. The van der Waals surface area contributed by atoms with E-state index in [1.54, 1.807) is 6.07 Å². The van der Waals surface area contributed by atoms with E-state index in [0.29, 0.717) is 17.0 Å². The van der Waals surface area contributed by atoms with Gasteiger partial charge in [-0.2, -0.15) is 31.9 Å². The van der Waals surface area contributed by atoms with Crippen LogP contribution >= 0.6 is 0 Å². The summed E-state index contributed by atoms with van der Waals surface area (Å²) >= 11 is 0. The molecule has 0 fully saturated rings. The molecule has 15 heteroatoms. The molecule has 0 amide bonds. The Kier molecular flexibility index (Phi) is 7.44. The molecule has 0 saturated heterocycles. The van der Waals surface area contributed by atoms with Crippen molar-refractivity contribution in [1.29, 1.82) is 5.26 Å². The van der Waals surface area contributed by atoms with Crippen molar-refractivity contribution in [2.75, 3.05) is 0 Å². The highest BCUT2D eigenvalue weighted by Gasteiger charge is 2.62. The zero-order chi connectivity index (χ0) is 27.7. The molecule has 1 N–H and O–H groups in total. The Hall–Kier alpha value is -4.19. The number of nitrogens with zero attached hydrogens (tertiary/aromatic N) is 4. The van der Waals surface area contributed by atoms with E-state index in [4.69, 9.17) is 9.84 Å². The molecule has 37 heavy (non-hydrogen) atoms. The van der Waals surface area contributed by atoms with Gasteiger partial charge in [0.05, 0.1) is 24.6 Å². The summed E-state index contributed by atoms with van der Waals surface area (Å²) in [6.45, 7) is -0.0254. The number of ether oxygens (including phenoxy) is 1. The standard InChI is InChI=1S/C22H15F7N4O4/c1-11-14(6-30)4-13(19(23)24)5-16(11)37-17-18(21(25,26)22(27,28)29)31-10-32(20(17)35)8-15-3-2-12(9-34)7-33(15)36/h2-5,7,10,19,34H,8-9H2,1H3. The number of pyridine rings is 1. The van der Waals surface area contributed by atoms with Crippen molar-refractivity contribution in [2.24, 2.45) is 0 Å². The lowest BCUT2D eigenvalue weighted by Crippen LogP contribution is -2.39. The molecule has 0 unspecified atom stereocenters. The maximum absolute atomic E-state index is 14.3. The average molecular weight is 532 g/mol. The lowest BCUT2D eigenvalue weighted by atomic mass is 10.0. The first-order valence-electron chi connectivity index (χ1n) is 10.1. The Balaban J connectivity index is 2.23. The summed E-state index contributed by atoms with van der Waals surface area (Å²) < 4.78 is 100. The molecule has 0 bridgehead atoms. The van der Waals surface area contributed by atoms with Gasteiger partial charge in [-0.15, -0.1) is 0 Å². The lowest BCUT2D eigenvalue weighted by Gasteiger charge is -2.22. The number of nitriles is 1. The van der Waals surface area contributed by atoms with E-state index in [-0.39, 0.29) is 21.6 Å². The van der Waals surface area contributed by atoms with Crippen LogP contribution in [0.2, 0.25) is 0 Å². The van der Waals surface area contributed by atoms with Crippen molar-refractivity contribution in [3.63, 3.8) is 0 Å². The van der Waals surface area contributed by atoms with Gasteiger partial charge in [0.2, 0.25) is 11.4 Å². The highest BCUT2D eigenvalue weighted by molar-refractivity contribution is 5.51. The quantitative estimate of drug-likeness (QED) is 0.280. The molecule has 196 valence electrons. The first kappa shape index (κ1) is 27.4. The summed E-state index contributed by atoms with van der Waals surface area (Å²) in [6.07, 6.45) is -8.11. The van der Waals surface area contributed by atoms with Gasteiger partial charge in [0.15, 0.2) is 11.9 Å². The van der Waals surface area contributed by atoms with Crippen LogP contribution in [0, 0.1) is 23.5 Å². The summed E-state index contributed by atoms with van der Waals surface area (Å²) in [5, 5.41) is 30.4. The van der Waals surface area contributed by atoms with Gasteiger partial charge in [-0.05, 0) is 25.1 Å². The number of aliphatic hydroxyl groups is 1. The van der Waals surface area contributed by atoms with Crippen LogP contribution in [0.25, 0.3) is 0 Å². The SMILES string of the molecule is Cc1c(C#N)cc(C(F)F)cc1Oc1c(C(F)(F)C(F)(F)F)ncn(Cc2ccc(CO)c[n+]2[O-])c1=O. The van der Waals surface area contributed by atoms with Crippen molar-refractivity contribution >= 4 is 0 Å². The normalized spacial score (nSPS) is 12.0. The highest BCUT2D eigenvalue weighted by Crippen LogP contribution is 2.46. The maximum Gasteiger partial charge on any atom is 0.459 e. The van der Waals surface area contributed by atoms with Crippen LogP contribution in [0.3, 0.4) is 0 Å². The number of halogens is 7. The van der Waals surface area contributed by atoms with Crippen LogP contribution < -0.4 is 15.0 Å². The molecular formula is C22H15F7N4O4. The van der Waals surface area contributed by atoms with E-state index in [0.717, 1.165) is 19.2 Å². The van der Waals surface area contributed by atoms with Gasteiger partial charge >= 0.3 is 12.1 Å². The number of rotatable bonds is 7. The summed E-state index contributed by atoms with van der Waals surface area (Å²) in [5.74, 6) is -8.10. The van der Waals surface area contributed by atoms with E-state index in [1.807, 2.05) is 0 Å². The Morgan fingerprint density at radius 2 is 1.92 bits per heavy atom. The molecule has 0 aliphatic rings. The Morgan fingerprint density at radius 1 is 1.24 bits per heavy atom. The fourth-order valence-corrected chi connectivity index (χ4v) is 3.14. The van der Waals surface area contributed by atoms with Crippen molar-refractivity contribution in [2.45, 2.75) is 38.6 Å². The summed E-state index contributed by atoms with van der Waals surface area (Å²) in [4.78, 5) is 16.1. The largest absolute Gasteiger partial charge is 0.618 e. The topological polar surface area (TPSA) is 115 Å². The molecule has 2 aromatic heterocycles. The number of hydrogen-bond acceptors (Lipinski definition) is 6. The first-order chi connectivity index (χ1) is 17.2. The van der Waals surface area contributed by atoms with E-state index >= 15 is 0 Å². The third kappa shape index (κ3) is 5.33. The monoisotopic (exact) mass is 532 g/mol. The smallest absolute Gasteiger partial charge is 0.459 e. The summed E-state index contributed by atoms with van der Waals surface area (Å²) in [7, 11) is 0. The molecule has 0 saturated carbocycles. The van der Waals surface area contributed by atoms with Gasteiger partial charge < -0.3 is 15.1 Å². The van der Waals surface area contributed by atoms with Gasteiger partial charge in [0, 0.05) is 22.8 Å². The Labute approximate surface area is 203 Å². The van der Waals surface area contributed by atoms with Crippen molar-refractivity contribution in [3.05, 3.63) is 86.0 Å².